The van der Waals surface area contributed by atoms with Gasteiger partial charge in [0.2, 0.25) is 0 Å². The van der Waals surface area contributed by atoms with E-state index in [-0.39, 0.29) is 0 Å². The zero-order valence-electron chi connectivity index (χ0n) is 15.7. The number of aromatic nitrogens is 1. The summed E-state index contributed by atoms with van der Waals surface area (Å²) in [4.78, 5) is 5.98. The van der Waals surface area contributed by atoms with E-state index in [2.05, 4.69) is 91.6 Å². The highest BCUT2D eigenvalue weighted by molar-refractivity contribution is 7.98. The Morgan fingerprint density at radius 1 is 0.852 bits per heavy atom. The summed E-state index contributed by atoms with van der Waals surface area (Å²) in [6.07, 6.45) is 1.88. The molecule has 134 valence electrons. The Kier molecular flexibility index (Phi) is 5.26. The topological polar surface area (TPSA) is 12.9 Å². The normalized spacial score (nSPS) is 11.2. The van der Waals surface area contributed by atoms with Crippen LogP contribution in [0.15, 0.2) is 90.0 Å². The molecule has 0 amide bonds. The molecule has 0 aliphatic heterocycles. The molecule has 0 aliphatic rings. The lowest BCUT2D eigenvalue weighted by atomic mass is 9.93. The van der Waals surface area contributed by atoms with E-state index < -0.39 is 0 Å². The highest BCUT2D eigenvalue weighted by Crippen LogP contribution is 2.32. The molecule has 4 rings (SSSR count). The first-order valence-corrected chi connectivity index (χ1v) is 10.3. The molecule has 0 bridgehead atoms. The molecule has 0 spiro atoms. The first-order valence-electron chi connectivity index (χ1n) is 9.36. The van der Waals surface area contributed by atoms with Gasteiger partial charge in [0.25, 0.3) is 0 Å². The smallest absolute Gasteiger partial charge is 0.0780 e. The van der Waals surface area contributed by atoms with E-state index in [1.807, 2.05) is 24.0 Å². The molecule has 0 fully saturated rings. The van der Waals surface area contributed by atoms with Crippen molar-refractivity contribution in [2.24, 2.45) is 0 Å². The molecular weight excluding hydrogens is 346 g/mol. The van der Waals surface area contributed by atoms with E-state index >= 15 is 0 Å². The minimum Gasteiger partial charge on any atom is -0.256 e. The molecule has 1 heterocycles. The second-order valence-electron chi connectivity index (χ2n) is 7.10. The predicted molar refractivity (Wildman–Crippen MR) is 117 cm³/mol. The van der Waals surface area contributed by atoms with Crippen LogP contribution in [0.1, 0.15) is 30.9 Å². The largest absolute Gasteiger partial charge is 0.256 e. The average Bonchev–Trinajstić information content (AvgIpc) is 2.72. The van der Waals surface area contributed by atoms with Crippen molar-refractivity contribution in [3.05, 3.63) is 96.2 Å². The van der Waals surface area contributed by atoms with E-state index in [9.17, 15) is 0 Å². The molecular formula is C25H23NS. The van der Waals surface area contributed by atoms with Crippen LogP contribution in [0.2, 0.25) is 0 Å². The SMILES string of the molecule is CC(C)c1cc(-c2cccc(CSc3ccccc3)c2)c2ncccc2c1. The van der Waals surface area contributed by atoms with Gasteiger partial charge in [0.15, 0.2) is 0 Å². The number of hydrogen-bond donors (Lipinski definition) is 0. The van der Waals surface area contributed by atoms with Crippen molar-refractivity contribution >= 4 is 22.7 Å². The molecule has 4 aromatic rings. The fraction of sp³-hybridized carbons (Fsp3) is 0.160. The van der Waals surface area contributed by atoms with E-state index in [0.717, 1.165) is 11.3 Å². The first kappa shape index (κ1) is 17.8. The van der Waals surface area contributed by atoms with Crippen molar-refractivity contribution in [3.63, 3.8) is 0 Å². The summed E-state index contributed by atoms with van der Waals surface area (Å²) in [5.74, 6) is 1.46. The molecule has 0 saturated carbocycles. The van der Waals surface area contributed by atoms with Crippen LogP contribution < -0.4 is 0 Å². The molecule has 27 heavy (non-hydrogen) atoms. The van der Waals surface area contributed by atoms with Crippen LogP contribution in [-0.2, 0) is 5.75 Å². The molecule has 0 N–H and O–H groups in total. The van der Waals surface area contributed by atoms with Gasteiger partial charge >= 0.3 is 0 Å². The van der Waals surface area contributed by atoms with Crippen molar-refractivity contribution in [3.8, 4) is 11.1 Å². The fourth-order valence-electron chi connectivity index (χ4n) is 3.28. The molecule has 0 radical (unpaired) electrons. The molecule has 3 aromatic carbocycles. The van der Waals surface area contributed by atoms with Crippen LogP contribution in [0, 0.1) is 0 Å². The van der Waals surface area contributed by atoms with Crippen LogP contribution >= 0.6 is 11.8 Å². The summed E-state index contributed by atoms with van der Waals surface area (Å²) < 4.78 is 0. The van der Waals surface area contributed by atoms with Gasteiger partial charge in [-0.05, 0) is 52.9 Å². The number of thioether (sulfide) groups is 1. The maximum absolute atomic E-state index is 4.68. The number of fused-ring (bicyclic) bond motifs is 1. The quantitative estimate of drug-likeness (QED) is 0.342. The summed E-state index contributed by atoms with van der Waals surface area (Å²) in [7, 11) is 0. The van der Waals surface area contributed by atoms with Crippen molar-refractivity contribution in [1.82, 2.24) is 4.98 Å². The summed E-state index contributed by atoms with van der Waals surface area (Å²) in [6.45, 7) is 4.49. The average molecular weight is 370 g/mol. The lowest BCUT2D eigenvalue weighted by molar-refractivity contribution is 0.869. The van der Waals surface area contributed by atoms with Crippen LogP contribution in [0.3, 0.4) is 0 Å². The molecule has 1 aromatic heterocycles. The van der Waals surface area contributed by atoms with Gasteiger partial charge in [-0.15, -0.1) is 11.8 Å². The Labute approximate surface area is 165 Å². The number of hydrogen-bond acceptors (Lipinski definition) is 2. The van der Waals surface area contributed by atoms with E-state index in [0.29, 0.717) is 5.92 Å². The van der Waals surface area contributed by atoms with Crippen LogP contribution in [-0.4, -0.2) is 4.98 Å². The third-order valence-corrected chi connectivity index (χ3v) is 5.86. The third kappa shape index (κ3) is 4.06. The Bertz CT molecular complexity index is 1050. The minimum absolute atomic E-state index is 0.491. The Hall–Kier alpha value is -2.58. The van der Waals surface area contributed by atoms with Crippen molar-refractivity contribution in [1.29, 1.82) is 0 Å². The second kappa shape index (κ2) is 7.98. The Morgan fingerprint density at radius 2 is 1.70 bits per heavy atom. The third-order valence-electron chi connectivity index (χ3n) is 4.78. The van der Waals surface area contributed by atoms with Crippen LogP contribution in [0.25, 0.3) is 22.0 Å². The number of benzene rings is 3. The monoisotopic (exact) mass is 369 g/mol. The van der Waals surface area contributed by atoms with E-state index in [1.54, 1.807) is 0 Å². The molecule has 1 nitrogen and oxygen atoms in total. The van der Waals surface area contributed by atoms with Gasteiger partial charge in [-0.1, -0.05) is 62.4 Å². The predicted octanol–water partition coefficient (Wildman–Crippen LogP) is 7.32. The summed E-state index contributed by atoms with van der Waals surface area (Å²) in [6, 6.07) is 28.2. The van der Waals surface area contributed by atoms with Crippen molar-refractivity contribution in [2.75, 3.05) is 0 Å². The zero-order chi connectivity index (χ0) is 18.6. The van der Waals surface area contributed by atoms with Gasteiger partial charge in [0.1, 0.15) is 0 Å². The van der Waals surface area contributed by atoms with Gasteiger partial charge in [0.05, 0.1) is 5.52 Å². The van der Waals surface area contributed by atoms with Gasteiger partial charge < -0.3 is 0 Å². The van der Waals surface area contributed by atoms with E-state index in [1.165, 1.54) is 32.5 Å². The molecule has 2 heteroatoms. The number of nitrogens with zero attached hydrogens (tertiary/aromatic N) is 1. The van der Waals surface area contributed by atoms with Gasteiger partial charge in [0, 0.05) is 27.8 Å². The number of pyridine rings is 1. The number of rotatable bonds is 5. The van der Waals surface area contributed by atoms with Gasteiger partial charge in [-0.25, -0.2) is 0 Å². The first-order chi connectivity index (χ1) is 13.2. The Balaban J connectivity index is 1.71. The summed E-state index contributed by atoms with van der Waals surface area (Å²) >= 11 is 1.87. The van der Waals surface area contributed by atoms with Crippen molar-refractivity contribution in [2.45, 2.75) is 30.4 Å². The van der Waals surface area contributed by atoms with Crippen LogP contribution in [0.4, 0.5) is 0 Å². The van der Waals surface area contributed by atoms with Gasteiger partial charge in [-0.2, -0.15) is 0 Å². The maximum atomic E-state index is 4.68. The van der Waals surface area contributed by atoms with E-state index in [4.69, 9.17) is 0 Å². The maximum Gasteiger partial charge on any atom is 0.0780 e. The highest BCUT2D eigenvalue weighted by Gasteiger charge is 2.10. The molecule has 0 atom stereocenters. The summed E-state index contributed by atoms with van der Waals surface area (Å²) in [5, 5.41) is 1.21. The highest BCUT2D eigenvalue weighted by atomic mass is 32.2. The van der Waals surface area contributed by atoms with Crippen LogP contribution in [0.5, 0.6) is 0 Å². The molecule has 0 unspecified atom stereocenters. The minimum atomic E-state index is 0.491. The van der Waals surface area contributed by atoms with Crippen molar-refractivity contribution < 1.29 is 0 Å². The summed E-state index contributed by atoms with van der Waals surface area (Å²) in [5.41, 5.74) is 6.24. The standard InChI is InChI=1S/C25H23NS/c1-18(2)22-15-21-10-7-13-26-25(21)24(16-22)20-9-6-8-19(14-20)17-27-23-11-4-3-5-12-23/h3-16,18H,17H2,1-2H3. The molecule has 0 saturated heterocycles. The lowest BCUT2D eigenvalue weighted by Gasteiger charge is -2.13. The second-order valence-corrected chi connectivity index (χ2v) is 8.15. The lowest BCUT2D eigenvalue weighted by Crippen LogP contribution is -1.93. The zero-order valence-corrected chi connectivity index (χ0v) is 16.5. The fourth-order valence-corrected chi connectivity index (χ4v) is 4.14. The molecule has 0 aliphatic carbocycles. The van der Waals surface area contributed by atoms with Gasteiger partial charge in [-0.3, -0.25) is 4.98 Å². The Morgan fingerprint density at radius 3 is 2.52 bits per heavy atom.